The summed E-state index contributed by atoms with van der Waals surface area (Å²) in [5.41, 5.74) is 0.911. The van der Waals surface area contributed by atoms with Crippen molar-refractivity contribution in [1.82, 2.24) is 5.32 Å². The molecule has 1 heterocycles. The Kier molecular flexibility index (Phi) is 3.79. The Bertz CT molecular complexity index is 549. The molecule has 4 nitrogen and oxygen atoms in total. The first-order valence-corrected chi connectivity index (χ1v) is 6.67. The molecule has 20 heavy (non-hydrogen) atoms. The van der Waals surface area contributed by atoms with Crippen LogP contribution in [0.15, 0.2) is 18.2 Å². The largest absolute Gasteiger partial charge is 0.374 e. The molecule has 0 saturated carbocycles. The van der Waals surface area contributed by atoms with Gasteiger partial charge in [-0.15, -0.1) is 0 Å². The second-order valence-corrected chi connectivity index (χ2v) is 6.09. The quantitative estimate of drug-likeness (QED) is 0.816. The SMILES string of the molecule is CC(C)(C)c1ccc(NC2CCC(=O)NC2=O)cc1F. The van der Waals surface area contributed by atoms with Gasteiger partial charge >= 0.3 is 0 Å². The molecule has 5 heteroatoms. The average Bonchev–Trinajstić information content (AvgIpc) is 2.31. The van der Waals surface area contributed by atoms with E-state index in [9.17, 15) is 14.0 Å². The van der Waals surface area contributed by atoms with Crippen molar-refractivity contribution >= 4 is 17.5 Å². The molecule has 0 aliphatic carbocycles. The molecule has 1 aromatic rings. The Labute approximate surface area is 117 Å². The van der Waals surface area contributed by atoms with E-state index in [2.05, 4.69) is 10.6 Å². The van der Waals surface area contributed by atoms with Gasteiger partial charge in [-0.3, -0.25) is 14.9 Å². The summed E-state index contributed by atoms with van der Waals surface area (Å²) < 4.78 is 14.1. The highest BCUT2D eigenvalue weighted by Gasteiger charge is 2.26. The van der Waals surface area contributed by atoms with Crippen LogP contribution in [0.4, 0.5) is 10.1 Å². The van der Waals surface area contributed by atoms with Gasteiger partial charge in [0.25, 0.3) is 0 Å². The molecule has 1 fully saturated rings. The van der Waals surface area contributed by atoms with E-state index >= 15 is 0 Å². The number of imide groups is 1. The van der Waals surface area contributed by atoms with Gasteiger partial charge in [0.05, 0.1) is 0 Å². The number of nitrogens with one attached hydrogen (secondary N) is 2. The number of rotatable bonds is 2. The smallest absolute Gasteiger partial charge is 0.249 e. The van der Waals surface area contributed by atoms with Crippen LogP contribution >= 0.6 is 0 Å². The van der Waals surface area contributed by atoms with Crippen molar-refractivity contribution in [2.75, 3.05) is 5.32 Å². The molecule has 108 valence electrons. The van der Waals surface area contributed by atoms with Crippen LogP contribution in [0, 0.1) is 5.82 Å². The fourth-order valence-corrected chi connectivity index (χ4v) is 2.25. The molecule has 2 rings (SSSR count). The van der Waals surface area contributed by atoms with E-state index in [-0.39, 0.29) is 23.0 Å². The minimum absolute atomic E-state index is 0.262. The van der Waals surface area contributed by atoms with Gasteiger partial charge < -0.3 is 5.32 Å². The number of benzene rings is 1. The second-order valence-electron chi connectivity index (χ2n) is 6.09. The average molecular weight is 278 g/mol. The summed E-state index contributed by atoms with van der Waals surface area (Å²) in [4.78, 5) is 22.7. The van der Waals surface area contributed by atoms with Gasteiger partial charge in [0, 0.05) is 12.1 Å². The zero-order valence-electron chi connectivity index (χ0n) is 11.9. The molecule has 1 unspecified atom stereocenters. The Morgan fingerprint density at radius 1 is 1.30 bits per heavy atom. The zero-order valence-corrected chi connectivity index (χ0v) is 11.9. The molecule has 2 amide bonds. The van der Waals surface area contributed by atoms with Crippen molar-refractivity contribution in [2.24, 2.45) is 0 Å². The lowest BCUT2D eigenvalue weighted by Gasteiger charge is -2.24. The highest BCUT2D eigenvalue weighted by atomic mass is 19.1. The minimum atomic E-state index is -0.493. The van der Waals surface area contributed by atoms with Crippen molar-refractivity contribution in [3.8, 4) is 0 Å². The molecule has 0 aromatic heterocycles. The van der Waals surface area contributed by atoms with Crippen molar-refractivity contribution < 1.29 is 14.0 Å². The highest BCUT2D eigenvalue weighted by Crippen LogP contribution is 2.27. The van der Waals surface area contributed by atoms with Gasteiger partial charge in [-0.05, 0) is 29.5 Å². The maximum Gasteiger partial charge on any atom is 0.249 e. The maximum atomic E-state index is 14.1. The molecular weight excluding hydrogens is 259 g/mol. The predicted molar refractivity (Wildman–Crippen MR) is 74.9 cm³/mol. The van der Waals surface area contributed by atoms with Crippen LogP contribution in [-0.4, -0.2) is 17.9 Å². The van der Waals surface area contributed by atoms with Gasteiger partial charge in [-0.1, -0.05) is 26.8 Å². The van der Waals surface area contributed by atoms with Crippen molar-refractivity contribution in [3.63, 3.8) is 0 Å². The number of halogens is 1. The van der Waals surface area contributed by atoms with E-state index in [0.29, 0.717) is 24.1 Å². The zero-order chi connectivity index (χ0) is 14.9. The number of carbonyl (C=O) groups is 2. The van der Waals surface area contributed by atoms with Gasteiger partial charge in [-0.25, -0.2) is 4.39 Å². The first-order chi connectivity index (χ1) is 9.27. The third kappa shape index (κ3) is 3.15. The lowest BCUT2D eigenvalue weighted by Crippen LogP contribution is -2.47. The number of carbonyl (C=O) groups excluding carboxylic acids is 2. The number of piperidine rings is 1. The summed E-state index contributed by atoms with van der Waals surface area (Å²) in [5, 5.41) is 5.23. The Hall–Kier alpha value is -1.91. The van der Waals surface area contributed by atoms with E-state index in [4.69, 9.17) is 0 Å². The van der Waals surface area contributed by atoms with Gasteiger partial charge in [0.2, 0.25) is 11.8 Å². The number of amides is 2. The van der Waals surface area contributed by atoms with Crippen LogP contribution < -0.4 is 10.6 Å². The first-order valence-electron chi connectivity index (χ1n) is 6.67. The highest BCUT2D eigenvalue weighted by molar-refractivity contribution is 6.01. The Morgan fingerprint density at radius 3 is 2.55 bits per heavy atom. The first kappa shape index (κ1) is 14.5. The Balaban J connectivity index is 2.13. The van der Waals surface area contributed by atoms with E-state index in [1.165, 1.54) is 6.07 Å². The standard InChI is InChI=1S/C15H19FN2O2/c1-15(2,3)10-5-4-9(8-11(10)16)17-12-6-7-13(19)18-14(12)20/h4-5,8,12,17H,6-7H2,1-3H3,(H,18,19,20). The van der Waals surface area contributed by atoms with Crippen LogP contribution in [0.1, 0.15) is 39.2 Å². The maximum absolute atomic E-state index is 14.1. The van der Waals surface area contributed by atoms with Gasteiger partial charge in [0.15, 0.2) is 0 Å². The van der Waals surface area contributed by atoms with E-state index < -0.39 is 6.04 Å². The summed E-state index contributed by atoms with van der Waals surface area (Å²) in [5.74, 6) is -0.918. The summed E-state index contributed by atoms with van der Waals surface area (Å²) in [6, 6.07) is 4.38. The summed E-state index contributed by atoms with van der Waals surface area (Å²) in [6.45, 7) is 5.83. The molecule has 1 atom stereocenters. The van der Waals surface area contributed by atoms with Gasteiger partial charge in [-0.2, -0.15) is 0 Å². The molecular formula is C15H19FN2O2. The van der Waals surface area contributed by atoms with Gasteiger partial charge in [0.1, 0.15) is 11.9 Å². The lowest BCUT2D eigenvalue weighted by molar-refractivity contribution is -0.133. The molecule has 0 spiro atoms. The van der Waals surface area contributed by atoms with Crippen LogP contribution in [0.2, 0.25) is 0 Å². The molecule has 0 radical (unpaired) electrons. The van der Waals surface area contributed by atoms with Crippen LogP contribution in [0.25, 0.3) is 0 Å². The molecule has 1 saturated heterocycles. The summed E-state index contributed by atoms with van der Waals surface area (Å²) >= 11 is 0. The molecule has 0 bridgehead atoms. The van der Waals surface area contributed by atoms with E-state index in [1.807, 2.05) is 20.8 Å². The third-order valence-electron chi connectivity index (χ3n) is 3.36. The second kappa shape index (κ2) is 5.23. The Morgan fingerprint density at radius 2 is 2.00 bits per heavy atom. The molecule has 1 aromatic carbocycles. The predicted octanol–water partition coefficient (Wildman–Crippen LogP) is 2.34. The fourth-order valence-electron chi connectivity index (χ4n) is 2.25. The molecule has 1 aliphatic rings. The van der Waals surface area contributed by atoms with Crippen molar-refractivity contribution in [3.05, 3.63) is 29.6 Å². The normalized spacial score (nSPS) is 19.7. The summed E-state index contributed by atoms with van der Waals surface area (Å²) in [7, 11) is 0. The number of hydrogen-bond donors (Lipinski definition) is 2. The topological polar surface area (TPSA) is 58.2 Å². The van der Waals surface area contributed by atoms with Crippen LogP contribution in [0.5, 0.6) is 0 Å². The third-order valence-corrected chi connectivity index (χ3v) is 3.36. The minimum Gasteiger partial charge on any atom is -0.374 e. The van der Waals surface area contributed by atoms with E-state index in [0.717, 1.165) is 0 Å². The van der Waals surface area contributed by atoms with Crippen molar-refractivity contribution in [1.29, 1.82) is 0 Å². The van der Waals surface area contributed by atoms with Crippen molar-refractivity contribution in [2.45, 2.75) is 45.1 Å². The molecule has 1 aliphatic heterocycles. The fraction of sp³-hybridized carbons (Fsp3) is 0.467. The monoisotopic (exact) mass is 278 g/mol. The van der Waals surface area contributed by atoms with Crippen LogP contribution in [0.3, 0.4) is 0 Å². The summed E-state index contributed by atoms with van der Waals surface area (Å²) in [6.07, 6.45) is 0.721. The molecule has 2 N–H and O–H groups in total. The number of hydrogen-bond acceptors (Lipinski definition) is 3. The van der Waals surface area contributed by atoms with E-state index in [1.54, 1.807) is 12.1 Å². The van der Waals surface area contributed by atoms with Crippen LogP contribution in [-0.2, 0) is 15.0 Å². The lowest BCUT2D eigenvalue weighted by atomic mass is 9.86. The number of anilines is 1.